The lowest BCUT2D eigenvalue weighted by Crippen LogP contribution is -2.43. The highest BCUT2D eigenvalue weighted by Crippen LogP contribution is 2.36. The molecule has 0 spiro atoms. The second-order valence-corrected chi connectivity index (χ2v) is 10.0. The molecule has 36 heavy (non-hydrogen) atoms. The Balaban J connectivity index is 1.70. The standard InChI is InChI=1S/C29H31N3O2S2/c1-20(33)32(18-17-21-13-15-23(36-3)16-14-21)27(28(34)30-19-22-9-5-4-6-10-22)26-24-11-7-8-12-25(24)31(2)29(26)35/h4-16,27,35H,17-19H2,1-3H3,(H,30,34). The molecule has 1 aromatic heterocycles. The summed E-state index contributed by atoms with van der Waals surface area (Å²) in [7, 11) is 1.93. The van der Waals surface area contributed by atoms with Crippen LogP contribution in [0.15, 0.2) is 88.8 Å². The zero-order chi connectivity index (χ0) is 25.7. The van der Waals surface area contributed by atoms with E-state index < -0.39 is 6.04 Å². The van der Waals surface area contributed by atoms with E-state index in [4.69, 9.17) is 12.6 Å². The van der Waals surface area contributed by atoms with Crippen molar-refractivity contribution >= 4 is 47.1 Å². The number of hydrogen-bond donors (Lipinski definition) is 2. The summed E-state index contributed by atoms with van der Waals surface area (Å²) in [4.78, 5) is 29.7. The molecule has 2 amide bonds. The molecule has 0 saturated carbocycles. The van der Waals surface area contributed by atoms with Gasteiger partial charge in [0.05, 0.1) is 5.03 Å². The highest BCUT2D eigenvalue weighted by molar-refractivity contribution is 7.98. The Morgan fingerprint density at radius 3 is 2.31 bits per heavy atom. The number of aromatic nitrogens is 1. The maximum atomic E-state index is 13.8. The number of carbonyl (C=O) groups excluding carboxylic acids is 2. The Hall–Kier alpha value is -3.16. The van der Waals surface area contributed by atoms with Crippen molar-refractivity contribution in [1.29, 1.82) is 0 Å². The van der Waals surface area contributed by atoms with Crippen molar-refractivity contribution in [3.63, 3.8) is 0 Å². The number of nitrogens with one attached hydrogen (secondary N) is 1. The number of fused-ring (bicyclic) bond motifs is 1. The van der Waals surface area contributed by atoms with E-state index in [9.17, 15) is 9.59 Å². The monoisotopic (exact) mass is 517 g/mol. The molecule has 7 heteroatoms. The summed E-state index contributed by atoms with van der Waals surface area (Å²) in [5, 5.41) is 4.66. The Morgan fingerprint density at radius 2 is 1.64 bits per heavy atom. The molecule has 4 aromatic rings. The molecular weight excluding hydrogens is 486 g/mol. The topological polar surface area (TPSA) is 54.3 Å². The van der Waals surface area contributed by atoms with Crippen LogP contribution >= 0.6 is 24.4 Å². The van der Waals surface area contributed by atoms with Crippen molar-refractivity contribution in [3.8, 4) is 0 Å². The number of thiol groups is 1. The summed E-state index contributed by atoms with van der Waals surface area (Å²) >= 11 is 6.50. The predicted molar refractivity (Wildman–Crippen MR) is 151 cm³/mol. The largest absolute Gasteiger partial charge is 0.350 e. The predicted octanol–water partition coefficient (Wildman–Crippen LogP) is 5.64. The zero-order valence-electron chi connectivity index (χ0n) is 20.8. The highest BCUT2D eigenvalue weighted by atomic mass is 32.2. The Bertz CT molecular complexity index is 1350. The normalized spacial score (nSPS) is 11.9. The van der Waals surface area contributed by atoms with Gasteiger partial charge in [0.2, 0.25) is 11.8 Å². The van der Waals surface area contributed by atoms with Gasteiger partial charge in [0.1, 0.15) is 6.04 Å². The Kier molecular flexibility index (Phi) is 8.44. The van der Waals surface area contributed by atoms with E-state index in [1.54, 1.807) is 16.7 Å². The van der Waals surface area contributed by atoms with Crippen molar-refractivity contribution < 1.29 is 9.59 Å². The van der Waals surface area contributed by atoms with E-state index in [1.807, 2.05) is 72.5 Å². The minimum atomic E-state index is -0.810. The van der Waals surface area contributed by atoms with Crippen LogP contribution in [0.25, 0.3) is 10.9 Å². The lowest BCUT2D eigenvalue weighted by Gasteiger charge is -2.31. The van der Waals surface area contributed by atoms with E-state index in [0.717, 1.165) is 27.6 Å². The van der Waals surface area contributed by atoms with Crippen LogP contribution in [0.1, 0.15) is 29.7 Å². The lowest BCUT2D eigenvalue weighted by atomic mass is 10.0. The molecule has 4 rings (SSSR count). The van der Waals surface area contributed by atoms with Gasteiger partial charge >= 0.3 is 0 Å². The first-order valence-corrected chi connectivity index (χ1v) is 13.6. The quantitative estimate of drug-likeness (QED) is 0.223. The zero-order valence-corrected chi connectivity index (χ0v) is 22.5. The molecule has 1 N–H and O–H groups in total. The molecule has 0 aliphatic carbocycles. The van der Waals surface area contributed by atoms with Gasteiger partial charge in [0.25, 0.3) is 0 Å². The van der Waals surface area contributed by atoms with Gasteiger partial charge in [-0.3, -0.25) is 9.59 Å². The third-order valence-electron chi connectivity index (χ3n) is 6.46. The van der Waals surface area contributed by atoms with Crippen LogP contribution in [0.4, 0.5) is 0 Å². The van der Waals surface area contributed by atoms with Crippen LogP contribution in [-0.4, -0.2) is 34.1 Å². The van der Waals surface area contributed by atoms with E-state index in [0.29, 0.717) is 24.5 Å². The molecule has 1 unspecified atom stereocenters. The van der Waals surface area contributed by atoms with Crippen molar-refractivity contribution in [2.75, 3.05) is 12.8 Å². The van der Waals surface area contributed by atoms with Gasteiger partial charge in [0.15, 0.2) is 0 Å². The number of para-hydroxylation sites is 1. The molecule has 5 nitrogen and oxygen atoms in total. The number of carbonyl (C=O) groups is 2. The summed E-state index contributed by atoms with van der Waals surface area (Å²) in [5.74, 6) is -0.380. The van der Waals surface area contributed by atoms with Crippen molar-refractivity contribution in [3.05, 3.63) is 95.6 Å². The average molecular weight is 518 g/mol. The van der Waals surface area contributed by atoms with Gasteiger partial charge in [-0.25, -0.2) is 0 Å². The SMILES string of the molecule is CSc1ccc(CCN(C(C)=O)C(C(=O)NCc2ccccc2)c2c(S)n(C)c3ccccc23)cc1. The summed E-state index contributed by atoms with van der Waals surface area (Å²) in [6.07, 6.45) is 2.69. The first-order valence-electron chi connectivity index (χ1n) is 11.9. The van der Waals surface area contributed by atoms with Crippen molar-refractivity contribution in [2.45, 2.75) is 35.9 Å². The molecule has 0 aliphatic heterocycles. The van der Waals surface area contributed by atoms with E-state index in [2.05, 4.69) is 29.6 Å². The van der Waals surface area contributed by atoms with Crippen molar-refractivity contribution in [1.82, 2.24) is 14.8 Å². The van der Waals surface area contributed by atoms with Crippen LogP contribution in [0.3, 0.4) is 0 Å². The molecule has 3 aromatic carbocycles. The van der Waals surface area contributed by atoms with Crippen LogP contribution in [0.2, 0.25) is 0 Å². The summed E-state index contributed by atoms with van der Waals surface area (Å²) in [6, 6.07) is 25.2. The van der Waals surface area contributed by atoms with Crippen molar-refractivity contribution in [2.24, 2.45) is 7.05 Å². The van der Waals surface area contributed by atoms with Crippen LogP contribution in [0.5, 0.6) is 0 Å². The van der Waals surface area contributed by atoms with Gasteiger partial charge < -0.3 is 14.8 Å². The number of hydrogen-bond acceptors (Lipinski definition) is 4. The molecule has 1 heterocycles. The fourth-order valence-corrected chi connectivity index (χ4v) is 5.26. The fourth-order valence-electron chi connectivity index (χ4n) is 4.50. The molecule has 186 valence electrons. The van der Waals surface area contributed by atoms with Crippen LogP contribution in [0, 0.1) is 0 Å². The summed E-state index contributed by atoms with van der Waals surface area (Å²) in [6.45, 7) is 2.32. The maximum absolute atomic E-state index is 13.8. The molecule has 0 bridgehead atoms. The molecule has 0 radical (unpaired) electrons. The maximum Gasteiger partial charge on any atom is 0.247 e. The van der Waals surface area contributed by atoms with Gasteiger partial charge in [-0.1, -0.05) is 60.7 Å². The lowest BCUT2D eigenvalue weighted by molar-refractivity contribution is -0.139. The summed E-state index contributed by atoms with van der Waals surface area (Å²) in [5.41, 5.74) is 3.83. The number of nitrogens with zero attached hydrogens (tertiary/aromatic N) is 2. The third-order valence-corrected chi connectivity index (χ3v) is 7.75. The van der Waals surface area contributed by atoms with E-state index in [-0.39, 0.29) is 11.8 Å². The number of amides is 2. The number of benzene rings is 3. The van der Waals surface area contributed by atoms with Gasteiger partial charge in [-0.05, 0) is 42.0 Å². The second kappa shape index (κ2) is 11.7. The molecule has 0 saturated heterocycles. The van der Waals surface area contributed by atoms with E-state index >= 15 is 0 Å². The Morgan fingerprint density at radius 1 is 0.972 bits per heavy atom. The minimum absolute atomic E-state index is 0.156. The fraction of sp³-hybridized carbons (Fsp3) is 0.241. The molecule has 0 aliphatic rings. The number of thioether (sulfide) groups is 1. The number of aryl methyl sites for hydroxylation is 1. The van der Waals surface area contributed by atoms with Gasteiger partial charge in [-0.15, -0.1) is 24.4 Å². The first kappa shape index (κ1) is 25.9. The van der Waals surface area contributed by atoms with Crippen LogP contribution in [-0.2, 0) is 29.6 Å². The summed E-state index contributed by atoms with van der Waals surface area (Å²) < 4.78 is 1.96. The number of rotatable bonds is 9. The minimum Gasteiger partial charge on any atom is -0.350 e. The molecule has 0 fully saturated rings. The Labute approximate surface area is 222 Å². The smallest absolute Gasteiger partial charge is 0.247 e. The average Bonchev–Trinajstić information content (AvgIpc) is 3.15. The first-order chi connectivity index (χ1) is 17.4. The highest BCUT2D eigenvalue weighted by Gasteiger charge is 2.34. The van der Waals surface area contributed by atoms with Gasteiger partial charge in [-0.2, -0.15) is 0 Å². The van der Waals surface area contributed by atoms with E-state index in [1.165, 1.54) is 11.8 Å². The molecular formula is C29H31N3O2S2. The van der Waals surface area contributed by atoms with Crippen LogP contribution < -0.4 is 5.32 Å². The second-order valence-electron chi connectivity index (χ2n) is 8.73. The molecule has 1 atom stereocenters. The van der Waals surface area contributed by atoms with Gasteiger partial charge in [0, 0.05) is 48.4 Å². The third kappa shape index (κ3) is 5.63.